The molecule has 1 fully saturated rings. The fourth-order valence-corrected chi connectivity index (χ4v) is 3.13. The molecule has 1 N–H and O–H groups in total. The largest absolute Gasteiger partial charge is 0.370 e. The van der Waals surface area contributed by atoms with Crippen LogP contribution in [0.3, 0.4) is 0 Å². The first-order chi connectivity index (χ1) is 11.2. The number of amides is 1. The zero-order valence-electron chi connectivity index (χ0n) is 13.1. The van der Waals surface area contributed by atoms with Crippen molar-refractivity contribution in [2.45, 2.75) is 25.7 Å². The van der Waals surface area contributed by atoms with Gasteiger partial charge in [0.15, 0.2) is 0 Å². The number of carbonyl (C=O) groups is 1. The maximum absolute atomic E-state index is 12.3. The summed E-state index contributed by atoms with van der Waals surface area (Å²) in [7, 11) is 0. The molecule has 2 aromatic rings. The highest BCUT2D eigenvalue weighted by Gasteiger charge is 2.17. The summed E-state index contributed by atoms with van der Waals surface area (Å²) in [5.41, 5.74) is 3.06. The third-order valence-corrected chi connectivity index (χ3v) is 4.40. The van der Waals surface area contributed by atoms with E-state index in [9.17, 15) is 4.79 Å². The van der Waals surface area contributed by atoms with Crippen LogP contribution in [0.1, 0.15) is 24.8 Å². The molecule has 1 saturated heterocycles. The minimum Gasteiger partial charge on any atom is -0.370 e. The van der Waals surface area contributed by atoms with E-state index in [0.717, 1.165) is 30.9 Å². The van der Waals surface area contributed by atoms with Gasteiger partial charge in [0, 0.05) is 24.5 Å². The molecule has 0 aliphatic carbocycles. The lowest BCUT2D eigenvalue weighted by Gasteiger charge is -2.22. The van der Waals surface area contributed by atoms with Crippen LogP contribution >= 0.6 is 11.6 Å². The lowest BCUT2D eigenvalue weighted by molar-refractivity contribution is -0.116. The molecule has 3 rings (SSSR count). The number of carbonyl (C=O) groups excluding carboxylic acids is 1. The van der Waals surface area contributed by atoms with E-state index in [0.29, 0.717) is 11.4 Å². The van der Waals surface area contributed by atoms with Crippen LogP contribution in [0.5, 0.6) is 0 Å². The van der Waals surface area contributed by atoms with Gasteiger partial charge in [0.05, 0.1) is 11.4 Å². The van der Waals surface area contributed by atoms with E-state index in [4.69, 9.17) is 11.6 Å². The Morgan fingerprint density at radius 2 is 1.83 bits per heavy atom. The van der Waals surface area contributed by atoms with Crippen LogP contribution in [0.2, 0.25) is 5.02 Å². The van der Waals surface area contributed by atoms with Crippen LogP contribution in [0, 0.1) is 0 Å². The Labute approximate surface area is 142 Å². The van der Waals surface area contributed by atoms with Gasteiger partial charge in [-0.15, -0.1) is 0 Å². The van der Waals surface area contributed by atoms with Crippen molar-refractivity contribution in [1.29, 1.82) is 0 Å². The van der Waals surface area contributed by atoms with Crippen LogP contribution in [-0.2, 0) is 11.2 Å². The molecule has 1 aliphatic rings. The first-order valence-electron chi connectivity index (χ1n) is 8.10. The molecular formula is C19H21ClN2O. The highest BCUT2D eigenvalue weighted by molar-refractivity contribution is 6.31. The van der Waals surface area contributed by atoms with Gasteiger partial charge in [0.1, 0.15) is 0 Å². The highest BCUT2D eigenvalue weighted by Crippen LogP contribution is 2.31. The van der Waals surface area contributed by atoms with E-state index in [-0.39, 0.29) is 5.91 Å². The molecule has 120 valence electrons. The second-order valence-electron chi connectivity index (χ2n) is 5.89. The summed E-state index contributed by atoms with van der Waals surface area (Å²) in [6, 6.07) is 15.8. The molecule has 2 aromatic carbocycles. The Kier molecular flexibility index (Phi) is 5.19. The number of nitrogens with one attached hydrogen (secondary N) is 1. The molecule has 0 bridgehead atoms. The number of hydrogen-bond acceptors (Lipinski definition) is 2. The van der Waals surface area contributed by atoms with E-state index in [1.807, 2.05) is 48.5 Å². The van der Waals surface area contributed by atoms with Crippen molar-refractivity contribution in [2.24, 2.45) is 0 Å². The average molecular weight is 329 g/mol. The Morgan fingerprint density at radius 1 is 1.09 bits per heavy atom. The maximum atomic E-state index is 12.3. The number of halogens is 1. The van der Waals surface area contributed by atoms with Gasteiger partial charge >= 0.3 is 0 Å². The summed E-state index contributed by atoms with van der Waals surface area (Å²) in [5, 5.41) is 3.68. The number of rotatable bonds is 5. The van der Waals surface area contributed by atoms with Crippen molar-refractivity contribution >= 4 is 28.9 Å². The Hall–Kier alpha value is -2.00. The lowest BCUT2D eigenvalue weighted by Crippen LogP contribution is -2.21. The monoisotopic (exact) mass is 328 g/mol. The van der Waals surface area contributed by atoms with Crippen LogP contribution in [0.15, 0.2) is 48.5 Å². The zero-order valence-corrected chi connectivity index (χ0v) is 13.9. The Morgan fingerprint density at radius 3 is 2.57 bits per heavy atom. The standard InChI is InChI=1S/C19H21ClN2O/c20-16-9-10-18(22-12-4-5-13-22)17(14-16)21-19(23)11-8-15-6-2-1-3-7-15/h1-3,6-7,9-10,14H,4-5,8,11-13H2,(H,21,23). The van der Waals surface area contributed by atoms with Gasteiger partial charge in [-0.2, -0.15) is 0 Å². The fraction of sp³-hybridized carbons (Fsp3) is 0.316. The van der Waals surface area contributed by atoms with Gasteiger partial charge in [0.25, 0.3) is 0 Å². The normalized spacial score (nSPS) is 14.0. The van der Waals surface area contributed by atoms with Crippen LogP contribution in [0.25, 0.3) is 0 Å². The Balaban J connectivity index is 1.66. The molecular weight excluding hydrogens is 308 g/mol. The van der Waals surface area contributed by atoms with Gasteiger partial charge in [-0.25, -0.2) is 0 Å². The number of aryl methyl sites for hydroxylation is 1. The quantitative estimate of drug-likeness (QED) is 0.875. The van der Waals surface area contributed by atoms with Gasteiger partial charge in [0.2, 0.25) is 5.91 Å². The first-order valence-corrected chi connectivity index (χ1v) is 8.48. The summed E-state index contributed by atoms with van der Waals surface area (Å²) in [4.78, 5) is 14.6. The summed E-state index contributed by atoms with van der Waals surface area (Å²) in [5.74, 6) is 0.0246. The van der Waals surface area contributed by atoms with Crippen LogP contribution < -0.4 is 10.2 Å². The van der Waals surface area contributed by atoms with E-state index in [2.05, 4.69) is 10.2 Å². The molecule has 0 saturated carbocycles. The van der Waals surface area contributed by atoms with E-state index in [1.54, 1.807) is 0 Å². The van der Waals surface area contributed by atoms with Crippen molar-refractivity contribution in [3.63, 3.8) is 0 Å². The van der Waals surface area contributed by atoms with Crippen molar-refractivity contribution in [1.82, 2.24) is 0 Å². The predicted octanol–water partition coefficient (Wildman–Crippen LogP) is 4.51. The molecule has 1 amide bonds. The van der Waals surface area contributed by atoms with Crippen molar-refractivity contribution in [2.75, 3.05) is 23.3 Å². The summed E-state index contributed by atoms with van der Waals surface area (Å²) < 4.78 is 0. The maximum Gasteiger partial charge on any atom is 0.224 e. The summed E-state index contributed by atoms with van der Waals surface area (Å²) >= 11 is 6.11. The lowest BCUT2D eigenvalue weighted by atomic mass is 10.1. The predicted molar refractivity (Wildman–Crippen MR) is 96.3 cm³/mol. The molecule has 0 unspecified atom stereocenters. The number of nitrogens with zero attached hydrogens (tertiary/aromatic N) is 1. The molecule has 0 spiro atoms. The topological polar surface area (TPSA) is 32.3 Å². The first kappa shape index (κ1) is 15.9. The van der Waals surface area contributed by atoms with Crippen molar-refractivity contribution in [3.05, 3.63) is 59.1 Å². The smallest absolute Gasteiger partial charge is 0.224 e. The molecule has 3 nitrogen and oxygen atoms in total. The fourth-order valence-electron chi connectivity index (χ4n) is 2.96. The minimum atomic E-state index is 0.0246. The van der Waals surface area contributed by atoms with E-state index in [1.165, 1.54) is 18.4 Å². The molecule has 0 radical (unpaired) electrons. The molecule has 4 heteroatoms. The number of benzene rings is 2. The van der Waals surface area contributed by atoms with E-state index >= 15 is 0 Å². The van der Waals surface area contributed by atoms with Gasteiger partial charge < -0.3 is 10.2 Å². The highest BCUT2D eigenvalue weighted by atomic mass is 35.5. The van der Waals surface area contributed by atoms with Gasteiger partial charge in [-0.1, -0.05) is 41.9 Å². The van der Waals surface area contributed by atoms with Crippen LogP contribution in [-0.4, -0.2) is 19.0 Å². The van der Waals surface area contributed by atoms with Crippen LogP contribution in [0.4, 0.5) is 11.4 Å². The second kappa shape index (κ2) is 7.51. The van der Waals surface area contributed by atoms with Crippen molar-refractivity contribution in [3.8, 4) is 0 Å². The number of anilines is 2. The third kappa shape index (κ3) is 4.26. The average Bonchev–Trinajstić information content (AvgIpc) is 3.08. The minimum absolute atomic E-state index is 0.0246. The third-order valence-electron chi connectivity index (χ3n) is 4.16. The zero-order chi connectivity index (χ0) is 16.1. The Bertz CT molecular complexity index is 666. The molecule has 1 aliphatic heterocycles. The van der Waals surface area contributed by atoms with Crippen molar-refractivity contribution < 1.29 is 4.79 Å². The van der Waals surface area contributed by atoms with E-state index < -0.39 is 0 Å². The summed E-state index contributed by atoms with van der Waals surface area (Å²) in [6.07, 6.45) is 3.61. The molecule has 0 atom stereocenters. The molecule has 23 heavy (non-hydrogen) atoms. The SMILES string of the molecule is O=C(CCc1ccccc1)Nc1cc(Cl)ccc1N1CCCC1. The van der Waals surface area contributed by atoms with Gasteiger partial charge in [-0.3, -0.25) is 4.79 Å². The van der Waals surface area contributed by atoms with Gasteiger partial charge in [-0.05, 0) is 43.0 Å². The number of hydrogen-bond donors (Lipinski definition) is 1. The molecule has 1 heterocycles. The summed E-state index contributed by atoms with van der Waals surface area (Å²) in [6.45, 7) is 2.07. The second-order valence-corrected chi connectivity index (χ2v) is 6.33. The molecule has 0 aromatic heterocycles.